The number of nitriles is 1. The number of benzene rings is 2. The zero-order valence-electron chi connectivity index (χ0n) is 42.8. The molecule has 4 aliphatic rings. The summed E-state index contributed by atoms with van der Waals surface area (Å²) in [6, 6.07) is 16.4. The number of halogens is 1. The molecule has 4 N–H and O–H groups in total. The first-order valence-corrected chi connectivity index (χ1v) is 26.0. The molecule has 16 nitrogen and oxygen atoms in total. The van der Waals surface area contributed by atoms with Crippen LogP contribution in [-0.2, 0) is 19.1 Å². The zero-order valence-corrected chi connectivity index (χ0v) is 44.3. The number of pyridine rings is 1. The highest BCUT2D eigenvalue weighted by Gasteiger charge is 2.64. The van der Waals surface area contributed by atoms with Crippen molar-refractivity contribution in [1.82, 2.24) is 35.7 Å². The van der Waals surface area contributed by atoms with Gasteiger partial charge in [-0.15, -0.1) is 11.3 Å². The molecule has 4 amide bonds. The number of aromatic nitrogens is 2. The Morgan fingerprint density at radius 3 is 2.25 bits per heavy atom. The monoisotopic (exact) mass is 1020 g/mol. The molecule has 72 heavy (non-hydrogen) atoms. The first kappa shape index (κ1) is 52.7. The minimum absolute atomic E-state index is 0.0100. The third-order valence-corrected chi connectivity index (χ3v) is 16.4. The molecule has 8 rings (SSSR count). The van der Waals surface area contributed by atoms with Gasteiger partial charge in [0.1, 0.15) is 35.8 Å². The highest BCUT2D eigenvalue weighted by Crippen LogP contribution is 2.55. The number of piperazine rings is 1. The molecule has 4 fully saturated rings. The van der Waals surface area contributed by atoms with Crippen molar-refractivity contribution < 1.29 is 33.8 Å². The number of aryl methyl sites for hydroxylation is 1. The zero-order chi connectivity index (χ0) is 51.9. The molecule has 4 aromatic rings. The molecule has 4 atom stereocenters. The molecule has 2 aromatic heterocycles. The summed E-state index contributed by atoms with van der Waals surface area (Å²) in [6.45, 7) is 22.1. The fraction of sp³-hybridized carbons (Fsp3) is 0.537. The number of carbonyl (C=O) groups excluding carboxylic acids is 4. The fourth-order valence-corrected chi connectivity index (χ4v) is 12.4. The van der Waals surface area contributed by atoms with E-state index in [2.05, 4.69) is 64.5 Å². The van der Waals surface area contributed by atoms with Crippen molar-refractivity contribution in [3.63, 3.8) is 0 Å². The molecule has 2 aromatic carbocycles. The van der Waals surface area contributed by atoms with Crippen LogP contribution in [0.3, 0.4) is 0 Å². The quantitative estimate of drug-likeness (QED) is 0.100. The van der Waals surface area contributed by atoms with E-state index in [9.17, 15) is 29.5 Å². The van der Waals surface area contributed by atoms with E-state index in [4.69, 9.17) is 26.1 Å². The maximum atomic E-state index is 14.4. The minimum atomic E-state index is -0.942. The van der Waals surface area contributed by atoms with Crippen LogP contribution in [0.5, 0.6) is 5.75 Å². The number of carbonyl (C=O) groups is 4. The van der Waals surface area contributed by atoms with Gasteiger partial charge < -0.3 is 40.3 Å². The topological polar surface area (TPSA) is 202 Å². The second-order valence-electron chi connectivity index (χ2n) is 22.5. The lowest BCUT2D eigenvalue weighted by Crippen LogP contribution is -2.74. The Kier molecular flexibility index (Phi) is 15.1. The molecule has 384 valence electrons. The largest absolute Gasteiger partial charge is 0.489 e. The van der Waals surface area contributed by atoms with Gasteiger partial charge in [-0.05, 0) is 54.7 Å². The third kappa shape index (κ3) is 11.0. The maximum Gasteiger partial charge on any atom is 0.253 e. The summed E-state index contributed by atoms with van der Waals surface area (Å²) in [7, 11) is 0. The first-order chi connectivity index (χ1) is 34.0. The van der Waals surface area contributed by atoms with Crippen LogP contribution in [-0.4, -0.2) is 131 Å². The van der Waals surface area contributed by atoms with Crippen molar-refractivity contribution in [1.29, 1.82) is 5.26 Å². The van der Waals surface area contributed by atoms with Gasteiger partial charge in [0.05, 0.1) is 57.6 Å². The van der Waals surface area contributed by atoms with E-state index in [1.165, 1.54) is 4.90 Å². The number of thiazole rings is 1. The lowest BCUT2D eigenvalue weighted by molar-refractivity contribution is -0.164. The summed E-state index contributed by atoms with van der Waals surface area (Å²) in [5.41, 5.74) is 3.63. The normalized spacial score (nSPS) is 23.1. The van der Waals surface area contributed by atoms with E-state index < -0.39 is 45.8 Å². The van der Waals surface area contributed by atoms with Gasteiger partial charge in [-0.1, -0.05) is 84.3 Å². The molecular formula is C54H68ClN9O7S. The van der Waals surface area contributed by atoms with Crippen LogP contribution in [0.1, 0.15) is 101 Å². The third-order valence-electron chi connectivity index (χ3n) is 15.1. The summed E-state index contributed by atoms with van der Waals surface area (Å²) >= 11 is 7.85. The average Bonchev–Trinajstić information content (AvgIpc) is 3.95. The van der Waals surface area contributed by atoms with E-state index in [-0.39, 0.29) is 55.3 Å². The number of aliphatic hydroxyl groups is 1. The lowest BCUT2D eigenvalue weighted by Gasteiger charge is -2.63. The van der Waals surface area contributed by atoms with Crippen molar-refractivity contribution in [3.8, 4) is 22.3 Å². The number of rotatable bonds is 15. The Morgan fingerprint density at radius 1 is 0.986 bits per heavy atom. The number of anilines is 1. The number of ether oxygens (including phenoxy) is 2. The van der Waals surface area contributed by atoms with E-state index in [0.29, 0.717) is 54.7 Å². The van der Waals surface area contributed by atoms with Crippen molar-refractivity contribution in [2.45, 2.75) is 112 Å². The van der Waals surface area contributed by atoms with Crippen LogP contribution in [0.15, 0.2) is 66.3 Å². The fourth-order valence-electron chi connectivity index (χ4n) is 11.3. The molecule has 1 aliphatic carbocycles. The van der Waals surface area contributed by atoms with Gasteiger partial charge in [0.2, 0.25) is 17.7 Å². The van der Waals surface area contributed by atoms with Crippen LogP contribution < -0.4 is 25.6 Å². The number of aliphatic hydroxyl groups excluding tert-OH is 1. The average molecular weight is 1020 g/mol. The molecule has 0 radical (unpaired) electrons. The van der Waals surface area contributed by atoms with E-state index in [1.54, 1.807) is 41.8 Å². The van der Waals surface area contributed by atoms with Crippen LogP contribution in [0.25, 0.3) is 10.4 Å². The van der Waals surface area contributed by atoms with E-state index in [1.807, 2.05) is 70.5 Å². The van der Waals surface area contributed by atoms with Crippen LogP contribution in [0.2, 0.25) is 5.02 Å². The number of β-amino-alcohol motifs (C(OH)–C–C–N with tert-alkyl or cyclic N) is 1. The second kappa shape index (κ2) is 20.7. The smallest absolute Gasteiger partial charge is 0.253 e. The van der Waals surface area contributed by atoms with Crippen LogP contribution in [0, 0.1) is 39.9 Å². The van der Waals surface area contributed by atoms with Crippen LogP contribution >= 0.6 is 22.9 Å². The predicted octanol–water partition coefficient (Wildman–Crippen LogP) is 6.55. The number of nitrogens with one attached hydrogen (secondary N) is 3. The summed E-state index contributed by atoms with van der Waals surface area (Å²) in [4.78, 5) is 71.9. The Morgan fingerprint density at radius 2 is 1.68 bits per heavy atom. The van der Waals surface area contributed by atoms with Gasteiger partial charge in [-0.25, -0.2) is 9.97 Å². The molecule has 0 bridgehead atoms. The van der Waals surface area contributed by atoms with Crippen molar-refractivity contribution in [2.75, 3.05) is 57.4 Å². The van der Waals surface area contributed by atoms with Gasteiger partial charge in [0.15, 0.2) is 0 Å². The number of likely N-dealkylation sites (tertiary alicyclic amines) is 1. The standard InChI is InChI=1S/C54H68ClN9O7S/c1-32(34-10-12-35(13-11-34)44-33(2)58-31-72-44)59-47(68)41-22-38(65)27-64(41)48(69)45(51(3,4)5)60-43(66)24-54(29-70-30-54)28-62-18-20-63(21-19-62)42-17-15-37(26-57-42)46(67)61-49-52(6,7)50(53(49,8)9)71-39-16-14-36(25-56)40(55)23-39/h10-17,23,26,31-32,38,41,45,49-50,65H,18-22,24,27-30H2,1-9H3,(H,59,68)(H,60,66)(H,61,67)/t32-,38+,41-,45+,49-,50-/m0/s1. The Bertz CT molecular complexity index is 2670. The molecule has 0 spiro atoms. The molecular weight excluding hydrogens is 954 g/mol. The molecule has 18 heteroatoms. The number of hydrogen-bond acceptors (Lipinski definition) is 13. The highest BCUT2D eigenvalue weighted by molar-refractivity contribution is 7.13. The lowest BCUT2D eigenvalue weighted by atomic mass is 9.49. The van der Waals surface area contributed by atoms with Gasteiger partial charge in [0.25, 0.3) is 5.91 Å². The van der Waals surface area contributed by atoms with Gasteiger partial charge in [-0.2, -0.15) is 5.26 Å². The Labute approximate surface area is 431 Å². The maximum absolute atomic E-state index is 14.4. The number of amides is 4. The molecule has 3 aliphatic heterocycles. The predicted molar refractivity (Wildman–Crippen MR) is 277 cm³/mol. The molecule has 3 saturated heterocycles. The SMILES string of the molecule is Cc1ncsc1-c1ccc([C@H](C)NC(=O)[C@@H]2C[C@@H](O)CN2C(=O)[C@@H](NC(=O)CC2(CN3CCN(c4ccc(C(=O)N[C@H]5C(C)(C)[C@H](Oc6ccc(C#N)c(Cl)c6)C5(C)C)cn4)CC3)COC2)C(C)(C)C)cc1. The summed E-state index contributed by atoms with van der Waals surface area (Å²) in [5.74, 6) is 0.102. The Hall–Kier alpha value is -5.64. The van der Waals surface area contributed by atoms with E-state index >= 15 is 0 Å². The number of nitrogens with zero attached hydrogens (tertiary/aromatic N) is 6. The van der Waals surface area contributed by atoms with Crippen LogP contribution in [0.4, 0.5) is 5.82 Å². The highest BCUT2D eigenvalue weighted by atomic mass is 35.5. The summed E-state index contributed by atoms with van der Waals surface area (Å²) in [5, 5.41) is 29.7. The van der Waals surface area contributed by atoms with E-state index in [0.717, 1.165) is 40.6 Å². The van der Waals surface area contributed by atoms with Crippen molar-refractivity contribution in [2.24, 2.45) is 21.7 Å². The van der Waals surface area contributed by atoms with Gasteiger partial charge in [0, 0.05) is 86.7 Å². The number of hydrogen-bond donors (Lipinski definition) is 4. The first-order valence-electron chi connectivity index (χ1n) is 24.8. The van der Waals surface area contributed by atoms with Crippen molar-refractivity contribution in [3.05, 3.63) is 93.7 Å². The minimum Gasteiger partial charge on any atom is -0.489 e. The summed E-state index contributed by atoms with van der Waals surface area (Å²) in [6.07, 6.45) is 0.773. The Balaban J connectivity index is 0.818. The van der Waals surface area contributed by atoms with Gasteiger partial charge in [-0.3, -0.25) is 24.1 Å². The van der Waals surface area contributed by atoms with Gasteiger partial charge >= 0.3 is 0 Å². The second-order valence-corrected chi connectivity index (χ2v) is 23.8. The molecule has 1 saturated carbocycles. The molecule has 5 heterocycles. The van der Waals surface area contributed by atoms with Crippen molar-refractivity contribution >= 4 is 52.4 Å². The summed E-state index contributed by atoms with van der Waals surface area (Å²) < 4.78 is 12.1. The molecule has 0 unspecified atom stereocenters.